The van der Waals surface area contributed by atoms with Crippen LogP contribution in [0.15, 0.2) is 30.5 Å². The highest BCUT2D eigenvalue weighted by molar-refractivity contribution is 7.11. The van der Waals surface area contributed by atoms with Crippen molar-refractivity contribution in [3.8, 4) is 5.75 Å². The molecule has 2 unspecified atom stereocenters. The van der Waals surface area contributed by atoms with E-state index in [9.17, 15) is 5.11 Å². The Bertz CT molecular complexity index is 550. The summed E-state index contributed by atoms with van der Waals surface area (Å²) in [5.41, 5.74) is 1.20. The summed E-state index contributed by atoms with van der Waals surface area (Å²) in [6.07, 6.45) is 2.29. The van der Waals surface area contributed by atoms with Crippen LogP contribution in [0.1, 0.15) is 40.8 Å². The van der Waals surface area contributed by atoms with Gasteiger partial charge in [-0.05, 0) is 19.4 Å². The summed E-state index contributed by atoms with van der Waals surface area (Å²) in [5, 5.41) is 10.6. The summed E-state index contributed by atoms with van der Waals surface area (Å²) in [7, 11) is 0. The number of aliphatic hydroxyl groups excluding tert-OH is 1. The summed E-state index contributed by atoms with van der Waals surface area (Å²) in [6, 6.07) is 8.13. The molecule has 18 heavy (non-hydrogen) atoms. The molecule has 1 aliphatic heterocycles. The number of thiazole rings is 1. The topological polar surface area (TPSA) is 42.4 Å². The average molecular weight is 261 g/mol. The molecule has 0 radical (unpaired) electrons. The molecule has 0 amide bonds. The van der Waals surface area contributed by atoms with E-state index in [1.165, 1.54) is 5.56 Å². The van der Waals surface area contributed by atoms with Crippen molar-refractivity contribution in [2.75, 3.05) is 6.61 Å². The molecule has 0 aliphatic carbocycles. The molecular weight excluding hydrogens is 246 g/mol. The number of benzene rings is 1. The maximum atomic E-state index is 9.58. The molecule has 3 nitrogen and oxygen atoms in total. The summed E-state index contributed by atoms with van der Waals surface area (Å²) in [6.45, 7) is 2.50. The Morgan fingerprint density at radius 2 is 2.28 bits per heavy atom. The second-order valence-electron chi connectivity index (χ2n) is 4.50. The Hall–Kier alpha value is -1.39. The normalized spacial score (nSPS) is 20.0. The van der Waals surface area contributed by atoms with Crippen molar-refractivity contribution in [3.05, 3.63) is 45.9 Å². The van der Waals surface area contributed by atoms with E-state index in [0.29, 0.717) is 5.92 Å². The zero-order valence-corrected chi connectivity index (χ0v) is 11.0. The highest BCUT2D eigenvalue weighted by Crippen LogP contribution is 2.39. The van der Waals surface area contributed by atoms with E-state index in [1.807, 2.05) is 18.2 Å². The molecule has 1 N–H and O–H groups in total. The van der Waals surface area contributed by atoms with Crippen molar-refractivity contribution >= 4 is 11.3 Å². The zero-order valence-electron chi connectivity index (χ0n) is 10.2. The molecule has 0 bridgehead atoms. The van der Waals surface area contributed by atoms with Crippen LogP contribution in [0.3, 0.4) is 0 Å². The van der Waals surface area contributed by atoms with Crippen LogP contribution in [-0.4, -0.2) is 16.7 Å². The smallest absolute Gasteiger partial charge is 0.123 e. The Kier molecular flexibility index (Phi) is 3.06. The number of para-hydroxylation sites is 1. The minimum atomic E-state index is -0.439. The fraction of sp³-hybridized carbons (Fsp3) is 0.357. The van der Waals surface area contributed by atoms with E-state index in [2.05, 4.69) is 11.1 Å². The third-order valence-corrected chi connectivity index (χ3v) is 4.49. The van der Waals surface area contributed by atoms with Crippen molar-refractivity contribution in [1.29, 1.82) is 0 Å². The third-order valence-electron chi connectivity index (χ3n) is 3.21. The third kappa shape index (κ3) is 2.02. The quantitative estimate of drug-likeness (QED) is 0.903. The van der Waals surface area contributed by atoms with Gasteiger partial charge in [0.15, 0.2) is 0 Å². The minimum Gasteiger partial charge on any atom is -0.493 e. The molecule has 94 valence electrons. The second-order valence-corrected chi connectivity index (χ2v) is 5.60. The van der Waals surface area contributed by atoms with Crippen LogP contribution < -0.4 is 4.74 Å². The van der Waals surface area contributed by atoms with Crippen LogP contribution >= 0.6 is 11.3 Å². The van der Waals surface area contributed by atoms with Crippen molar-refractivity contribution in [3.63, 3.8) is 0 Å². The molecule has 1 aromatic heterocycles. The first-order chi connectivity index (χ1) is 8.75. The van der Waals surface area contributed by atoms with Gasteiger partial charge in [0.2, 0.25) is 0 Å². The summed E-state index contributed by atoms with van der Waals surface area (Å²) >= 11 is 1.59. The van der Waals surface area contributed by atoms with Gasteiger partial charge in [-0.1, -0.05) is 18.2 Å². The molecule has 1 aliphatic rings. The average Bonchev–Trinajstić information content (AvgIpc) is 2.87. The summed E-state index contributed by atoms with van der Waals surface area (Å²) in [5.74, 6) is 1.26. The lowest BCUT2D eigenvalue weighted by molar-refractivity contribution is 0.203. The van der Waals surface area contributed by atoms with Gasteiger partial charge in [0.1, 0.15) is 10.8 Å². The predicted molar refractivity (Wildman–Crippen MR) is 71.1 cm³/mol. The number of nitrogens with zero attached hydrogens (tertiary/aromatic N) is 1. The van der Waals surface area contributed by atoms with E-state index in [-0.39, 0.29) is 0 Å². The van der Waals surface area contributed by atoms with Gasteiger partial charge < -0.3 is 9.84 Å². The Labute approximate surface area is 110 Å². The van der Waals surface area contributed by atoms with Crippen LogP contribution in [0, 0.1) is 0 Å². The Morgan fingerprint density at radius 3 is 3.06 bits per heavy atom. The SMILES string of the molecule is CC(O)c1cnc(C2CCOc3ccccc32)s1. The number of hydrogen-bond donors (Lipinski definition) is 1. The monoisotopic (exact) mass is 261 g/mol. The van der Waals surface area contributed by atoms with Crippen molar-refractivity contribution in [1.82, 2.24) is 4.98 Å². The van der Waals surface area contributed by atoms with E-state index in [0.717, 1.165) is 28.7 Å². The lowest BCUT2D eigenvalue weighted by Gasteiger charge is -2.24. The number of aliphatic hydroxyl groups is 1. The second kappa shape index (κ2) is 4.71. The van der Waals surface area contributed by atoms with Crippen molar-refractivity contribution in [2.24, 2.45) is 0 Å². The van der Waals surface area contributed by atoms with E-state index in [4.69, 9.17) is 4.74 Å². The number of rotatable bonds is 2. The first-order valence-corrected chi connectivity index (χ1v) is 6.93. The van der Waals surface area contributed by atoms with Gasteiger partial charge in [-0.15, -0.1) is 11.3 Å². The van der Waals surface area contributed by atoms with Gasteiger partial charge in [0.25, 0.3) is 0 Å². The molecule has 4 heteroatoms. The Morgan fingerprint density at radius 1 is 1.44 bits per heavy atom. The predicted octanol–water partition coefficient (Wildman–Crippen LogP) is 3.11. The largest absolute Gasteiger partial charge is 0.493 e. The molecule has 2 aromatic rings. The maximum absolute atomic E-state index is 9.58. The number of fused-ring (bicyclic) bond motifs is 1. The number of aromatic nitrogens is 1. The number of hydrogen-bond acceptors (Lipinski definition) is 4. The van der Waals surface area contributed by atoms with Crippen molar-refractivity contribution in [2.45, 2.75) is 25.4 Å². The van der Waals surface area contributed by atoms with Gasteiger partial charge >= 0.3 is 0 Å². The molecular formula is C14H15NO2S. The van der Waals surface area contributed by atoms with Gasteiger partial charge in [0, 0.05) is 17.7 Å². The summed E-state index contributed by atoms with van der Waals surface area (Å²) < 4.78 is 5.66. The molecule has 1 aromatic carbocycles. The van der Waals surface area contributed by atoms with E-state index in [1.54, 1.807) is 24.5 Å². The van der Waals surface area contributed by atoms with Crippen LogP contribution in [0.5, 0.6) is 5.75 Å². The van der Waals surface area contributed by atoms with Crippen molar-refractivity contribution < 1.29 is 9.84 Å². The molecule has 0 fully saturated rings. The first-order valence-electron chi connectivity index (χ1n) is 6.11. The van der Waals surface area contributed by atoms with Crippen LogP contribution in [0.4, 0.5) is 0 Å². The fourth-order valence-electron chi connectivity index (χ4n) is 2.25. The molecule has 2 heterocycles. The van der Waals surface area contributed by atoms with Crippen LogP contribution in [-0.2, 0) is 0 Å². The van der Waals surface area contributed by atoms with Crippen LogP contribution in [0.2, 0.25) is 0 Å². The molecule has 3 rings (SSSR count). The molecule has 0 saturated carbocycles. The lowest BCUT2D eigenvalue weighted by Crippen LogP contribution is -2.14. The zero-order chi connectivity index (χ0) is 12.5. The van der Waals surface area contributed by atoms with E-state index >= 15 is 0 Å². The van der Waals surface area contributed by atoms with Crippen LogP contribution in [0.25, 0.3) is 0 Å². The highest BCUT2D eigenvalue weighted by atomic mass is 32.1. The standard InChI is InChI=1S/C14H15NO2S/c1-9(16)13-8-15-14(18-13)11-6-7-17-12-5-3-2-4-10(11)12/h2-5,8-9,11,16H,6-7H2,1H3. The van der Waals surface area contributed by atoms with Gasteiger partial charge in [-0.25, -0.2) is 4.98 Å². The lowest BCUT2D eigenvalue weighted by atomic mass is 9.94. The first kappa shape index (κ1) is 11.7. The molecule has 2 atom stereocenters. The highest BCUT2D eigenvalue weighted by Gasteiger charge is 2.25. The Balaban J connectivity index is 1.97. The number of ether oxygens (including phenoxy) is 1. The molecule has 0 spiro atoms. The fourth-order valence-corrected chi connectivity index (χ4v) is 3.26. The van der Waals surface area contributed by atoms with E-state index < -0.39 is 6.10 Å². The molecule has 0 saturated heterocycles. The van der Waals surface area contributed by atoms with Gasteiger partial charge in [-0.2, -0.15) is 0 Å². The maximum Gasteiger partial charge on any atom is 0.123 e. The summed E-state index contributed by atoms with van der Waals surface area (Å²) in [4.78, 5) is 5.39. The van der Waals surface area contributed by atoms with Gasteiger partial charge in [-0.3, -0.25) is 0 Å². The minimum absolute atomic E-state index is 0.299. The van der Waals surface area contributed by atoms with Gasteiger partial charge in [0.05, 0.1) is 17.6 Å².